The van der Waals surface area contributed by atoms with Gasteiger partial charge in [-0.2, -0.15) is 0 Å². The van der Waals surface area contributed by atoms with Gasteiger partial charge in [-0.15, -0.1) is 0 Å². The molecule has 0 aromatic heterocycles. The van der Waals surface area contributed by atoms with Gasteiger partial charge in [0.15, 0.2) is 0 Å². The number of ether oxygens (including phenoxy) is 4. The van der Waals surface area contributed by atoms with Crippen LogP contribution in [0.25, 0.3) is 0 Å². The molecule has 2 fully saturated rings. The third kappa shape index (κ3) is 7.09. The second kappa shape index (κ2) is 12.3. The molecule has 31 heavy (non-hydrogen) atoms. The SMILES string of the molecule is COCCN1CCC(CN(C[C@H]2CCCO2)C(=O)Cc2cc(OC)ccc2OC)CC1. The highest BCUT2D eigenvalue weighted by molar-refractivity contribution is 5.79. The molecule has 1 aromatic rings. The molecule has 2 aliphatic rings. The minimum Gasteiger partial charge on any atom is -0.497 e. The first-order valence-electron chi connectivity index (χ1n) is 11.4. The van der Waals surface area contributed by atoms with E-state index in [4.69, 9.17) is 18.9 Å². The van der Waals surface area contributed by atoms with E-state index in [1.165, 1.54) is 0 Å². The van der Waals surface area contributed by atoms with Gasteiger partial charge < -0.3 is 28.7 Å². The van der Waals surface area contributed by atoms with Crippen LogP contribution in [0.4, 0.5) is 0 Å². The molecular formula is C24H38N2O5. The maximum Gasteiger partial charge on any atom is 0.227 e. The molecule has 2 aliphatic heterocycles. The standard InChI is InChI=1S/C24H38N2O5/c1-28-14-12-25-10-8-19(9-11-25)17-26(18-22-5-4-13-31-22)24(27)16-20-15-21(29-2)6-7-23(20)30-3/h6-7,15,19,22H,4-5,8-14,16-18H2,1-3H3/t22-/m1/s1. The molecule has 7 nitrogen and oxygen atoms in total. The predicted octanol–water partition coefficient (Wildman–Crippen LogP) is 2.61. The van der Waals surface area contributed by atoms with Crippen LogP contribution in [0.5, 0.6) is 11.5 Å². The second-order valence-corrected chi connectivity index (χ2v) is 8.57. The van der Waals surface area contributed by atoms with E-state index >= 15 is 0 Å². The summed E-state index contributed by atoms with van der Waals surface area (Å²) >= 11 is 0. The number of carbonyl (C=O) groups excluding carboxylic acids is 1. The summed E-state index contributed by atoms with van der Waals surface area (Å²) in [5, 5.41) is 0. The Kier molecular flexibility index (Phi) is 9.43. The number of piperidine rings is 1. The first kappa shape index (κ1) is 23.8. The molecule has 0 bridgehead atoms. The van der Waals surface area contributed by atoms with Gasteiger partial charge in [-0.3, -0.25) is 4.79 Å². The zero-order chi connectivity index (χ0) is 22.1. The molecule has 1 atom stereocenters. The largest absolute Gasteiger partial charge is 0.497 e. The van der Waals surface area contributed by atoms with E-state index in [-0.39, 0.29) is 12.0 Å². The first-order valence-corrected chi connectivity index (χ1v) is 11.4. The quantitative estimate of drug-likeness (QED) is 0.534. The molecule has 3 rings (SSSR count). The van der Waals surface area contributed by atoms with Gasteiger partial charge in [0.05, 0.1) is 33.4 Å². The lowest BCUT2D eigenvalue weighted by Gasteiger charge is -2.35. The van der Waals surface area contributed by atoms with Gasteiger partial charge in [0, 0.05) is 38.9 Å². The molecule has 174 valence electrons. The smallest absolute Gasteiger partial charge is 0.227 e. The average Bonchev–Trinajstić information content (AvgIpc) is 3.31. The number of likely N-dealkylation sites (tertiary alicyclic amines) is 1. The zero-order valence-electron chi connectivity index (χ0n) is 19.3. The molecule has 0 aliphatic carbocycles. The molecule has 1 amide bonds. The molecule has 0 N–H and O–H groups in total. The van der Waals surface area contributed by atoms with Crippen molar-refractivity contribution in [1.29, 1.82) is 0 Å². The third-order valence-corrected chi connectivity index (χ3v) is 6.43. The molecule has 2 saturated heterocycles. The number of rotatable bonds is 11. The van der Waals surface area contributed by atoms with E-state index in [1.54, 1.807) is 21.3 Å². The lowest BCUT2D eigenvalue weighted by atomic mass is 9.95. The fourth-order valence-electron chi connectivity index (χ4n) is 4.53. The minimum absolute atomic E-state index is 0.129. The van der Waals surface area contributed by atoms with Crippen LogP contribution in [0.2, 0.25) is 0 Å². The van der Waals surface area contributed by atoms with Crippen molar-refractivity contribution >= 4 is 5.91 Å². The van der Waals surface area contributed by atoms with Crippen LogP contribution in [0.1, 0.15) is 31.2 Å². The Morgan fingerprint density at radius 3 is 2.58 bits per heavy atom. The van der Waals surface area contributed by atoms with E-state index in [2.05, 4.69) is 4.90 Å². The van der Waals surface area contributed by atoms with Crippen LogP contribution in [0.3, 0.4) is 0 Å². The molecule has 0 spiro atoms. The van der Waals surface area contributed by atoms with Crippen molar-refractivity contribution in [3.8, 4) is 11.5 Å². The van der Waals surface area contributed by atoms with Crippen LogP contribution in [-0.2, 0) is 20.7 Å². The van der Waals surface area contributed by atoms with Crippen LogP contribution < -0.4 is 9.47 Å². The maximum atomic E-state index is 13.4. The molecule has 7 heteroatoms. The number of amides is 1. The first-order chi connectivity index (χ1) is 15.1. The van der Waals surface area contributed by atoms with Gasteiger partial charge in [-0.05, 0) is 62.9 Å². The summed E-state index contributed by atoms with van der Waals surface area (Å²) in [4.78, 5) is 17.9. The number of hydrogen-bond donors (Lipinski definition) is 0. The molecule has 0 unspecified atom stereocenters. The minimum atomic E-state index is 0.129. The van der Waals surface area contributed by atoms with Crippen molar-refractivity contribution in [3.05, 3.63) is 23.8 Å². The second-order valence-electron chi connectivity index (χ2n) is 8.57. The summed E-state index contributed by atoms with van der Waals surface area (Å²) in [6, 6.07) is 5.62. The summed E-state index contributed by atoms with van der Waals surface area (Å²) in [7, 11) is 5.02. The van der Waals surface area contributed by atoms with E-state index < -0.39 is 0 Å². The lowest BCUT2D eigenvalue weighted by molar-refractivity contribution is -0.133. The third-order valence-electron chi connectivity index (χ3n) is 6.43. The van der Waals surface area contributed by atoms with Gasteiger partial charge in [-0.25, -0.2) is 0 Å². The number of hydrogen-bond acceptors (Lipinski definition) is 6. The average molecular weight is 435 g/mol. The van der Waals surface area contributed by atoms with Crippen molar-refractivity contribution in [3.63, 3.8) is 0 Å². The van der Waals surface area contributed by atoms with Crippen LogP contribution in [0, 0.1) is 5.92 Å². The van der Waals surface area contributed by atoms with E-state index in [0.29, 0.717) is 18.9 Å². The fourth-order valence-corrected chi connectivity index (χ4v) is 4.53. The monoisotopic (exact) mass is 434 g/mol. The van der Waals surface area contributed by atoms with Crippen molar-refractivity contribution < 1.29 is 23.7 Å². The molecule has 0 saturated carbocycles. The van der Waals surface area contributed by atoms with E-state index in [1.807, 2.05) is 23.1 Å². The Morgan fingerprint density at radius 1 is 1.13 bits per heavy atom. The van der Waals surface area contributed by atoms with Crippen molar-refractivity contribution in [2.45, 2.75) is 38.2 Å². The topological polar surface area (TPSA) is 60.5 Å². The Hall–Kier alpha value is -1.83. The van der Waals surface area contributed by atoms with Crippen LogP contribution in [-0.4, -0.2) is 89.1 Å². The Bertz CT molecular complexity index is 685. The van der Waals surface area contributed by atoms with E-state index in [0.717, 1.165) is 82.1 Å². The van der Waals surface area contributed by atoms with Crippen molar-refractivity contribution in [2.75, 3.05) is 67.3 Å². The molecule has 2 heterocycles. The summed E-state index contributed by atoms with van der Waals surface area (Å²) < 4.78 is 21.9. The number of nitrogens with zero attached hydrogens (tertiary/aromatic N) is 2. The maximum absolute atomic E-state index is 13.4. The van der Waals surface area contributed by atoms with Gasteiger partial charge in [0.2, 0.25) is 5.91 Å². The summed E-state index contributed by atoms with van der Waals surface area (Å²) in [5.74, 6) is 2.11. The van der Waals surface area contributed by atoms with Crippen LogP contribution >= 0.6 is 0 Å². The molecule has 1 aromatic carbocycles. The Morgan fingerprint density at radius 2 is 1.94 bits per heavy atom. The van der Waals surface area contributed by atoms with Gasteiger partial charge >= 0.3 is 0 Å². The number of carbonyl (C=O) groups is 1. The Balaban J connectivity index is 1.64. The zero-order valence-corrected chi connectivity index (χ0v) is 19.3. The number of methoxy groups -OCH3 is 3. The van der Waals surface area contributed by atoms with Gasteiger partial charge in [0.25, 0.3) is 0 Å². The molecular weight excluding hydrogens is 396 g/mol. The van der Waals surface area contributed by atoms with Crippen molar-refractivity contribution in [2.24, 2.45) is 5.92 Å². The van der Waals surface area contributed by atoms with E-state index in [9.17, 15) is 4.79 Å². The highest BCUT2D eigenvalue weighted by Gasteiger charge is 2.27. The summed E-state index contributed by atoms with van der Waals surface area (Å²) in [6.45, 7) is 6.17. The highest BCUT2D eigenvalue weighted by Crippen LogP contribution is 2.26. The van der Waals surface area contributed by atoms with Gasteiger partial charge in [0.1, 0.15) is 11.5 Å². The fraction of sp³-hybridized carbons (Fsp3) is 0.708. The van der Waals surface area contributed by atoms with Crippen LogP contribution in [0.15, 0.2) is 18.2 Å². The lowest BCUT2D eigenvalue weighted by Crippen LogP contribution is -2.44. The number of benzene rings is 1. The highest BCUT2D eigenvalue weighted by atomic mass is 16.5. The Labute approximate surface area is 186 Å². The summed E-state index contributed by atoms with van der Waals surface area (Å²) in [5.41, 5.74) is 0.860. The normalized spacial score (nSPS) is 20.0. The summed E-state index contributed by atoms with van der Waals surface area (Å²) in [6.07, 6.45) is 4.79. The van der Waals surface area contributed by atoms with Gasteiger partial charge in [-0.1, -0.05) is 0 Å². The predicted molar refractivity (Wildman–Crippen MR) is 120 cm³/mol. The molecule has 0 radical (unpaired) electrons. The van der Waals surface area contributed by atoms with Crippen molar-refractivity contribution in [1.82, 2.24) is 9.80 Å².